The van der Waals surface area contributed by atoms with Gasteiger partial charge in [-0.05, 0) is 54.6 Å². The second kappa shape index (κ2) is 11.1. The van der Waals surface area contributed by atoms with Crippen molar-refractivity contribution in [2.75, 3.05) is 16.0 Å². The lowest BCUT2D eigenvalue weighted by Crippen LogP contribution is -2.27. The predicted octanol–water partition coefficient (Wildman–Crippen LogP) is 6.30. The van der Waals surface area contributed by atoms with Crippen LogP contribution in [0.2, 0.25) is 0 Å². The van der Waals surface area contributed by atoms with E-state index in [-0.39, 0.29) is 22.9 Å². The molecule has 0 fully saturated rings. The maximum atomic E-state index is 13.2. The summed E-state index contributed by atoms with van der Waals surface area (Å²) in [5.41, 5.74) is 2.19. The number of nitro benzene ring substituents is 1. The molecule has 0 unspecified atom stereocenters. The Hall–Kier alpha value is -4.43. The zero-order valence-corrected chi connectivity index (χ0v) is 19.4. The van der Waals surface area contributed by atoms with Crippen LogP contribution in [0.1, 0.15) is 10.4 Å². The number of nitrogens with zero attached hydrogens (tertiary/aromatic N) is 2. The fraction of sp³-hybridized carbons (Fsp3) is 0.0370. The number of nitrogens with one attached hydrogen (secondary N) is 1. The lowest BCUT2D eigenvalue weighted by molar-refractivity contribution is -0.384. The maximum Gasteiger partial charge on any atom is 0.270 e. The van der Waals surface area contributed by atoms with Gasteiger partial charge >= 0.3 is 0 Å². The van der Waals surface area contributed by atoms with Crippen molar-refractivity contribution in [3.8, 4) is 0 Å². The third-order valence-corrected chi connectivity index (χ3v) is 6.07. The Bertz CT molecular complexity index is 1290. The van der Waals surface area contributed by atoms with Crippen LogP contribution in [0.3, 0.4) is 0 Å². The van der Waals surface area contributed by atoms with Crippen molar-refractivity contribution in [1.29, 1.82) is 0 Å². The van der Waals surface area contributed by atoms with Crippen molar-refractivity contribution < 1.29 is 14.5 Å². The number of amides is 2. The summed E-state index contributed by atoms with van der Waals surface area (Å²) in [5.74, 6) is -0.274. The molecule has 0 heterocycles. The molecule has 0 aliphatic rings. The highest BCUT2D eigenvalue weighted by Crippen LogP contribution is 2.28. The molecule has 0 aliphatic carbocycles. The molecule has 4 aromatic carbocycles. The number of non-ortho nitro benzene ring substituents is 1. The summed E-state index contributed by atoms with van der Waals surface area (Å²) in [4.78, 5) is 38.6. The first kappa shape index (κ1) is 23.7. The van der Waals surface area contributed by atoms with E-state index in [4.69, 9.17) is 0 Å². The van der Waals surface area contributed by atoms with E-state index in [1.54, 1.807) is 17.0 Å². The minimum Gasteiger partial charge on any atom is -0.322 e. The SMILES string of the molecule is O=C(Nc1ccc(SCC(=O)N(c2ccccc2)c2ccccc2)cc1)c1cccc([N+](=O)[O-])c1. The second-order valence-corrected chi connectivity index (χ2v) is 8.52. The first-order valence-electron chi connectivity index (χ1n) is 10.7. The van der Waals surface area contributed by atoms with Gasteiger partial charge in [0, 0.05) is 39.7 Å². The molecule has 0 aromatic heterocycles. The van der Waals surface area contributed by atoms with Crippen LogP contribution in [0.25, 0.3) is 0 Å². The number of para-hydroxylation sites is 2. The van der Waals surface area contributed by atoms with E-state index in [0.29, 0.717) is 5.69 Å². The van der Waals surface area contributed by atoms with Crippen molar-refractivity contribution in [3.05, 3.63) is 125 Å². The van der Waals surface area contributed by atoms with Crippen molar-refractivity contribution in [1.82, 2.24) is 0 Å². The van der Waals surface area contributed by atoms with Crippen molar-refractivity contribution in [2.24, 2.45) is 0 Å². The Morgan fingerprint density at radius 3 is 1.97 bits per heavy atom. The minimum absolute atomic E-state index is 0.0598. The lowest BCUT2D eigenvalue weighted by Gasteiger charge is -2.23. The maximum absolute atomic E-state index is 13.2. The molecule has 7 nitrogen and oxygen atoms in total. The summed E-state index contributed by atoms with van der Waals surface area (Å²) in [5, 5.41) is 13.7. The Kier molecular flexibility index (Phi) is 7.54. The molecule has 35 heavy (non-hydrogen) atoms. The zero-order chi connectivity index (χ0) is 24.6. The average Bonchev–Trinajstić information content (AvgIpc) is 2.90. The van der Waals surface area contributed by atoms with Crippen LogP contribution in [-0.2, 0) is 4.79 Å². The van der Waals surface area contributed by atoms with Crippen molar-refractivity contribution in [2.45, 2.75) is 4.90 Å². The van der Waals surface area contributed by atoms with E-state index in [0.717, 1.165) is 16.3 Å². The average molecular weight is 484 g/mol. The van der Waals surface area contributed by atoms with Gasteiger partial charge in [0.05, 0.1) is 10.7 Å². The first-order chi connectivity index (χ1) is 17.0. The highest BCUT2D eigenvalue weighted by molar-refractivity contribution is 8.00. The van der Waals surface area contributed by atoms with Crippen LogP contribution in [0.15, 0.2) is 114 Å². The molecule has 0 bridgehead atoms. The number of benzene rings is 4. The van der Waals surface area contributed by atoms with E-state index < -0.39 is 10.8 Å². The van der Waals surface area contributed by atoms with Gasteiger partial charge in [0.2, 0.25) is 5.91 Å². The van der Waals surface area contributed by atoms with Crippen molar-refractivity contribution >= 4 is 46.3 Å². The second-order valence-electron chi connectivity index (χ2n) is 7.47. The topological polar surface area (TPSA) is 92.6 Å². The van der Waals surface area contributed by atoms with Gasteiger partial charge in [0.15, 0.2) is 0 Å². The molecule has 2 amide bonds. The van der Waals surface area contributed by atoms with E-state index in [9.17, 15) is 19.7 Å². The van der Waals surface area contributed by atoms with Crippen LogP contribution < -0.4 is 10.2 Å². The molecule has 1 N–H and O–H groups in total. The van der Waals surface area contributed by atoms with Crippen LogP contribution >= 0.6 is 11.8 Å². The van der Waals surface area contributed by atoms with E-state index in [1.165, 1.54) is 36.0 Å². The molecule has 4 rings (SSSR count). The summed E-state index contributed by atoms with van der Waals surface area (Å²) >= 11 is 1.40. The molecular formula is C27H21N3O4S. The largest absolute Gasteiger partial charge is 0.322 e. The summed E-state index contributed by atoms with van der Waals surface area (Å²) in [7, 11) is 0. The van der Waals surface area contributed by atoms with Gasteiger partial charge in [-0.1, -0.05) is 42.5 Å². The number of anilines is 3. The van der Waals surface area contributed by atoms with Crippen LogP contribution in [0, 0.1) is 10.1 Å². The van der Waals surface area contributed by atoms with Crippen LogP contribution in [0.5, 0.6) is 0 Å². The zero-order valence-electron chi connectivity index (χ0n) is 18.5. The van der Waals surface area contributed by atoms with Gasteiger partial charge in [0.1, 0.15) is 0 Å². The molecule has 0 aliphatic heterocycles. The first-order valence-corrected chi connectivity index (χ1v) is 11.7. The number of hydrogen-bond acceptors (Lipinski definition) is 5. The molecule has 4 aromatic rings. The molecule has 0 atom stereocenters. The highest BCUT2D eigenvalue weighted by atomic mass is 32.2. The Balaban J connectivity index is 1.40. The third-order valence-electron chi connectivity index (χ3n) is 5.07. The lowest BCUT2D eigenvalue weighted by atomic mass is 10.2. The Morgan fingerprint density at radius 1 is 0.800 bits per heavy atom. The molecule has 0 radical (unpaired) electrons. The normalized spacial score (nSPS) is 10.4. The number of hydrogen-bond donors (Lipinski definition) is 1. The van der Waals surface area contributed by atoms with Gasteiger partial charge in [-0.25, -0.2) is 0 Å². The van der Waals surface area contributed by atoms with Gasteiger partial charge in [-0.2, -0.15) is 0 Å². The van der Waals surface area contributed by atoms with Gasteiger partial charge in [0.25, 0.3) is 11.6 Å². The third kappa shape index (κ3) is 6.13. The van der Waals surface area contributed by atoms with Gasteiger partial charge < -0.3 is 5.32 Å². The van der Waals surface area contributed by atoms with E-state index >= 15 is 0 Å². The molecule has 0 saturated heterocycles. The quantitative estimate of drug-likeness (QED) is 0.180. The number of rotatable bonds is 8. The highest BCUT2D eigenvalue weighted by Gasteiger charge is 2.18. The summed E-state index contributed by atoms with van der Waals surface area (Å²) < 4.78 is 0. The van der Waals surface area contributed by atoms with E-state index in [1.807, 2.05) is 72.8 Å². The molecule has 0 spiro atoms. The predicted molar refractivity (Wildman–Crippen MR) is 138 cm³/mol. The van der Waals surface area contributed by atoms with E-state index in [2.05, 4.69) is 5.32 Å². The smallest absolute Gasteiger partial charge is 0.270 e. The van der Waals surface area contributed by atoms with Crippen LogP contribution in [0.4, 0.5) is 22.7 Å². The summed E-state index contributed by atoms with van der Waals surface area (Å²) in [6.07, 6.45) is 0. The van der Waals surface area contributed by atoms with Crippen molar-refractivity contribution in [3.63, 3.8) is 0 Å². The standard InChI is InChI=1S/C27H21N3O4S/c31-26(29(22-9-3-1-4-10-22)23-11-5-2-6-12-23)19-35-25-16-14-21(15-17-25)28-27(32)20-8-7-13-24(18-20)30(33)34/h1-18H,19H2,(H,28,32). The minimum atomic E-state index is -0.541. The van der Waals surface area contributed by atoms with Crippen LogP contribution in [-0.4, -0.2) is 22.5 Å². The number of nitro groups is 1. The molecular weight excluding hydrogens is 462 g/mol. The number of carbonyl (C=O) groups excluding carboxylic acids is 2. The number of carbonyl (C=O) groups is 2. The fourth-order valence-electron chi connectivity index (χ4n) is 3.40. The molecule has 174 valence electrons. The monoisotopic (exact) mass is 483 g/mol. The van der Waals surface area contributed by atoms with Gasteiger partial charge in [-0.3, -0.25) is 24.6 Å². The number of thioether (sulfide) groups is 1. The summed E-state index contributed by atoms with van der Waals surface area (Å²) in [6.45, 7) is 0. The summed E-state index contributed by atoms with van der Waals surface area (Å²) in [6, 6.07) is 31.6. The Morgan fingerprint density at radius 2 is 1.40 bits per heavy atom. The fourth-order valence-corrected chi connectivity index (χ4v) is 4.15. The Labute approximate surface area is 206 Å². The van der Waals surface area contributed by atoms with Gasteiger partial charge in [-0.15, -0.1) is 11.8 Å². The molecule has 0 saturated carbocycles. The molecule has 8 heteroatoms.